The predicted octanol–water partition coefficient (Wildman–Crippen LogP) is 2.11. The highest BCUT2D eigenvalue weighted by Crippen LogP contribution is 2.31. The number of hydrogen-bond donors (Lipinski definition) is 1. The first-order chi connectivity index (χ1) is 8.78. The third kappa shape index (κ3) is 1.98. The van der Waals surface area contributed by atoms with Gasteiger partial charge in [-0.2, -0.15) is 0 Å². The summed E-state index contributed by atoms with van der Waals surface area (Å²) in [5.41, 5.74) is 4.17. The van der Waals surface area contributed by atoms with E-state index in [0.29, 0.717) is 5.92 Å². The smallest absolute Gasteiger partial charge is 0.122 e. The van der Waals surface area contributed by atoms with Gasteiger partial charge in [0.15, 0.2) is 0 Å². The van der Waals surface area contributed by atoms with Gasteiger partial charge in [0.1, 0.15) is 5.75 Å². The summed E-state index contributed by atoms with van der Waals surface area (Å²) in [6.45, 7) is 4.07. The Morgan fingerprint density at radius 3 is 2.94 bits per heavy atom. The molecule has 1 heterocycles. The van der Waals surface area contributed by atoms with Crippen LogP contribution in [0, 0.1) is 12.8 Å². The first-order valence-electron chi connectivity index (χ1n) is 6.72. The van der Waals surface area contributed by atoms with Gasteiger partial charge >= 0.3 is 0 Å². The summed E-state index contributed by atoms with van der Waals surface area (Å²) in [6.07, 6.45) is 3.47. The normalized spacial score (nSPS) is 22.1. The molecule has 1 aliphatic carbocycles. The molecule has 0 aromatic heterocycles. The second-order valence-corrected chi connectivity index (χ2v) is 5.22. The summed E-state index contributed by atoms with van der Waals surface area (Å²) < 4.78 is 5.43. The van der Waals surface area contributed by atoms with Crippen LogP contribution >= 0.6 is 0 Å². The minimum Gasteiger partial charge on any atom is -0.496 e. The van der Waals surface area contributed by atoms with Crippen molar-refractivity contribution in [2.45, 2.75) is 26.2 Å². The van der Waals surface area contributed by atoms with Crippen LogP contribution < -0.4 is 10.1 Å². The molecule has 3 nitrogen and oxygen atoms in total. The van der Waals surface area contributed by atoms with Crippen molar-refractivity contribution in [1.82, 2.24) is 5.32 Å². The zero-order valence-corrected chi connectivity index (χ0v) is 11.1. The number of aryl methyl sites for hydroxylation is 2. The summed E-state index contributed by atoms with van der Waals surface area (Å²) in [6, 6.07) is 4.50. The zero-order valence-electron chi connectivity index (χ0n) is 11.1. The summed E-state index contributed by atoms with van der Waals surface area (Å²) >= 11 is 0. The van der Waals surface area contributed by atoms with Gasteiger partial charge in [-0.25, -0.2) is 0 Å². The highest BCUT2D eigenvalue weighted by Gasteiger charge is 2.25. The number of nitrogens with one attached hydrogen (secondary N) is 1. The van der Waals surface area contributed by atoms with Crippen LogP contribution in [0.3, 0.4) is 0 Å². The topological polar surface area (TPSA) is 33.6 Å². The van der Waals surface area contributed by atoms with Gasteiger partial charge in [0.2, 0.25) is 0 Å². The van der Waals surface area contributed by atoms with E-state index in [1.807, 2.05) is 0 Å². The summed E-state index contributed by atoms with van der Waals surface area (Å²) in [5.74, 6) is 2.81. The van der Waals surface area contributed by atoms with Gasteiger partial charge in [-0.15, -0.1) is 0 Å². The van der Waals surface area contributed by atoms with Crippen LogP contribution in [-0.2, 0) is 12.8 Å². The first-order valence-corrected chi connectivity index (χ1v) is 6.72. The molecule has 1 aromatic rings. The lowest BCUT2D eigenvalue weighted by atomic mass is 9.82. The van der Waals surface area contributed by atoms with Crippen molar-refractivity contribution in [2.75, 3.05) is 20.2 Å². The fourth-order valence-electron chi connectivity index (χ4n) is 3.05. The summed E-state index contributed by atoms with van der Waals surface area (Å²) in [5, 5.41) is 3.42. The van der Waals surface area contributed by atoms with E-state index < -0.39 is 0 Å². The highest BCUT2D eigenvalue weighted by molar-refractivity contribution is 5.86. The van der Waals surface area contributed by atoms with Crippen LogP contribution in [0.15, 0.2) is 17.1 Å². The van der Waals surface area contributed by atoms with Crippen molar-refractivity contribution in [3.05, 3.63) is 28.8 Å². The number of fused-ring (bicyclic) bond motifs is 1. The average Bonchev–Trinajstić information content (AvgIpc) is 2.91. The number of amidine groups is 1. The van der Waals surface area contributed by atoms with Gasteiger partial charge in [-0.3, -0.25) is 4.99 Å². The molecule has 1 aliphatic heterocycles. The molecule has 0 amide bonds. The Hall–Kier alpha value is -1.51. The maximum atomic E-state index is 5.43. The lowest BCUT2D eigenvalue weighted by Gasteiger charge is -2.26. The molecule has 0 fully saturated rings. The van der Waals surface area contributed by atoms with E-state index in [0.717, 1.165) is 31.7 Å². The van der Waals surface area contributed by atoms with E-state index in [9.17, 15) is 0 Å². The van der Waals surface area contributed by atoms with Crippen molar-refractivity contribution in [2.24, 2.45) is 10.9 Å². The Balaban J connectivity index is 1.87. The largest absolute Gasteiger partial charge is 0.496 e. The van der Waals surface area contributed by atoms with E-state index in [1.54, 1.807) is 7.11 Å². The van der Waals surface area contributed by atoms with Gasteiger partial charge in [0, 0.05) is 12.5 Å². The highest BCUT2D eigenvalue weighted by atomic mass is 16.5. The van der Waals surface area contributed by atoms with Crippen LogP contribution in [-0.4, -0.2) is 26.0 Å². The fraction of sp³-hybridized carbons (Fsp3) is 0.533. The van der Waals surface area contributed by atoms with Crippen LogP contribution in [0.4, 0.5) is 0 Å². The van der Waals surface area contributed by atoms with Crippen molar-refractivity contribution < 1.29 is 4.74 Å². The van der Waals surface area contributed by atoms with E-state index in [-0.39, 0.29) is 0 Å². The summed E-state index contributed by atoms with van der Waals surface area (Å²) in [4.78, 5) is 4.57. The van der Waals surface area contributed by atoms with Gasteiger partial charge < -0.3 is 10.1 Å². The van der Waals surface area contributed by atoms with E-state index >= 15 is 0 Å². The molecular formula is C15H20N2O. The maximum Gasteiger partial charge on any atom is 0.122 e. The van der Waals surface area contributed by atoms with Crippen molar-refractivity contribution in [3.63, 3.8) is 0 Å². The molecule has 0 radical (unpaired) electrons. The maximum absolute atomic E-state index is 5.43. The van der Waals surface area contributed by atoms with Gasteiger partial charge in [-0.05, 0) is 48.9 Å². The number of methoxy groups -OCH3 is 1. The standard InChI is InChI=1S/C15H20N2O/c1-10-7-11-3-4-12(15-16-5-6-17-15)8-13(11)9-14(10)18-2/h7,9,12H,3-6,8H2,1-2H3,(H,16,17). The van der Waals surface area contributed by atoms with E-state index in [1.165, 1.54) is 28.9 Å². The molecule has 1 N–H and O–H groups in total. The third-order valence-corrected chi connectivity index (χ3v) is 4.03. The van der Waals surface area contributed by atoms with Crippen LogP contribution in [0.25, 0.3) is 0 Å². The number of hydrogen-bond acceptors (Lipinski definition) is 3. The van der Waals surface area contributed by atoms with Crippen LogP contribution in [0.1, 0.15) is 23.1 Å². The fourth-order valence-corrected chi connectivity index (χ4v) is 3.05. The Labute approximate surface area is 108 Å². The molecule has 0 spiro atoms. The molecule has 1 aromatic carbocycles. The Kier molecular flexibility index (Phi) is 2.98. The minimum absolute atomic E-state index is 0.576. The number of ether oxygens (including phenoxy) is 1. The number of rotatable bonds is 2. The van der Waals surface area contributed by atoms with Crippen LogP contribution in [0.2, 0.25) is 0 Å². The first kappa shape index (κ1) is 11.6. The zero-order chi connectivity index (χ0) is 12.5. The molecule has 96 valence electrons. The molecule has 1 atom stereocenters. The monoisotopic (exact) mass is 244 g/mol. The predicted molar refractivity (Wildman–Crippen MR) is 73.6 cm³/mol. The SMILES string of the molecule is COc1cc2c(cc1C)CCC(C1=NCCN1)C2. The van der Waals surface area contributed by atoms with Gasteiger partial charge in [0.25, 0.3) is 0 Å². The van der Waals surface area contributed by atoms with Crippen molar-refractivity contribution in [3.8, 4) is 5.75 Å². The molecule has 3 rings (SSSR count). The number of aliphatic imine (C=N–C) groups is 1. The number of nitrogens with zero attached hydrogens (tertiary/aromatic N) is 1. The Bertz CT molecular complexity index is 494. The minimum atomic E-state index is 0.576. The quantitative estimate of drug-likeness (QED) is 0.864. The Morgan fingerprint density at radius 2 is 2.22 bits per heavy atom. The second-order valence-electron chi connectivity index (χ2n) is 5.22. The van der Waals surface area contributed by atoms with E-state index in [2.05, 4.69) is 29.4 Å². The lowest BCUT2D eigenvalue weighted by molar-refractivity contribution is 0.410. The molecule has 0 bridgehead atoms. The van der Waals surface area contributed by atoms with Gasteiger partial charge in [0.05, 0.1) is 19.5 Å². The molecule has 18 heavy (non-hydrogen) atoms. The molecule has 0 saturated carbocycles. The van der Waals surface area contributed by atoms with Gasteiger partial charge in [-0.1, -0.05) is 6.07 Å². The van der Waals surface area contributed by atoms with E-state index in [4.69, 9.17) is 4.74 Å². The molecule has 1 unspecified atom stereocenters. The third-order valence-electron chi connectivity index (χ3n) is 4.03. The lowest BCUT2D eigenvalue weighted by Crippen LogP contribution is -2.31. The molecular weight excluding hydrogens is 224 g/mol. The van der Waals surface area contributed by atoms with Crippen molar-refractivity contribution >= 4 is 5.84 Å². The number of benzene rings is 1. The molecule has 2 aliphatic rings. The van der Waals surface area contributed by atoms with Crippen LogP contribution in [0.5, 0.6) is 5.75 Å². The molecule has 3 heteroatoms. The summed E-state index contributed by atoms with van der Waals surface area (Å²) in [7, 11) is 1.75. The second kappa shape index (κ2) is 4.63. The Morgan fingerprint density at radius 1 is 1.33 bits per heavy atom. The molecule has 0 saturated heterocycles. The average molecular weight is 244 g/mol. The van der Waals surface area contributed by atoms with Crippen molar-refractivity contribution in [1.29, 1.82) is 0 Å².